The fourth-order valence-electron chi connectivity index (χ4n) is 1.99. The molecule has 0 N–H and O–H groups in total. The van der Waals surface area contributed by atoms with Gasteiger partial charge in [-0.05, 0) is 50.9 Å². The van der Waals surface area contributed by atoms with Crippen molar-refractivity contribution >= 4 is 22.7 Å². The summed E-state index contributed by atoms with van der Waals surface area (Å²) >= 11 is 0. The Bertz CT molecular complexity index is 496. The van der Waals surface area contributed by atoms with Crippen molar-refractivity contribution in [2.75, 3.05) is 0 Å². The first kappa shape index (κ1) is 14.6. The molecule has 1 aliphatic carbocycles. The Morgan fingerprint density at radius 1 is 0.789 bits per heavy atom. The van der Waals surface area contributed by atoms with Crippen LogP contribution in [0.4, 0.5) is 0 Å². The minimum absolute atomic E-state index is 0.919. The molecule has 2 rings (SSSR count). The van der Waals surface area contributed by atoms with Gasteiger partial charge in [0.05, 0.1) is 0 Å². The van der Waals surface area contributed by atoms with Crippen molar-refractivity contribution in [2.45, 2.75) is 39.3 Å². The van der Waals surface area contributed by atoms with Gasteiger partial charge in [0.15, 0.2) is 14.4 Å². The van der Waals surface area contributed by atoms with Gasteiger partial charge < -0.3 is 8.85 Å². The monoisotopic (exact) mass is 291 g/mol. The zero-order chi connectivity index (χ0) is 14.3. The van der Waals surface area contributed by atoms with E-state index in [1.165, 1.54) is 5.56 Å². The summed E-state index contributed by atoms with van der Waals surface area (Å²) in [6, 6.07) is 8.34. The van der Waals surface area contributed by atoms with Crippen LogP contribution < -0.4 is 0 Å². The zero-order valence-electron chi connectivity index (χ0n) is 12.7. The lowest BCUT2D eigenvalue weighted by molar-refractivity contribution is 0.298. The molecule has 1 aromatic carbocycles. The second-order valence-corrected chi connectivity index (χ2v) is 15.7. The van der Waals surface area contributed by atoms with Gasteiger partial charge in [0.25, 0.3) is 0 Å². The van der Waals surface area contributed by atoms with E-state index in [0.717, 1.165) is 17.4 Å². The number of hydrogen-bond donors (Lipinski definition) is 0. The van der Waals surface area contributed by atoms with Crippen molar-refractivity contribution in [2.24, 2.45) is 0 Å². The zero-order valence-corrected chi connectivity index (χ0v) is 14.7. The first-order valence-corrected chi connectivity index (χ1v) is 13.5. The molecule has 0 heterocycles. The third-order valence-corrected chi connectivity index (χ3v) is 4.19. The predicted octanol–water partition coefficient (Wildman–Crippen LogP) is 4.62. The molecular weight excluding hydrogens is 268 g/mol. The van der Waals surface area contributed by atoms with E-state index in [1.54, 1.807) is 0 Å². The molecule has 0 bridgehead atoms. The summed E-state index contributed by atoms with van der Waals surface area (Å²) in [6.07, 6.45) is 3.06. The predicted molar refractivity (Wildman–Crippen MR) is 85.6 cm³/mol. The van der Waals surface area contributed by atoms with Crippen molar-refractivity contribution in [3.63, 3.8) is 0 Å². The lowest BCUT2D eigenvalue weighted by Crippen LogP contribution is -2.32. The van der Waals surface area contributed by atoms with Crippen LogP contribution in [-0.4, -0.2) is 16.6 Å². The van der Waals surface area contributed by atoms with Gasteiger partial charge in [0, 0.05) is 5.56 Å². The van der Waals surface area contributed by atoms with Crippen LogP contribution in [0.25, 0.3) is 6.08 Å². The van der Waals surface area contributed by atoms with E-state index >= 15 is 0 Å². The van der Waals surface area contributed by atoms with Gasteiger partial charge in [-0.2, -0.15) is 0 Å². The number of hydrogen-bond acceptors (Lipinski definition) is 2. The second kappa shape index (κ2) is 4.92. The van der Waals surface area contributed by atoms with Crippen molar-refractivity contribution in [3.05, 3.63) is 47.3 Å². The van der Waals surface area contributed by atoms with E-state index in [4.69, 9.17) is 8.85 Å². The van der Waals surface area contributed by atoms with Crippen LogP contribution in [0.1, 0.15) is 11.1 Å². The summed E-state index contributed by atoms with van der Waals surface area (Å²) in [5.41, 5.74) is 2.36. The molecule has 0 amide bonds. The minimum Gasteiger partial charge on any atom is -0.545 e. The summed E-state index contributed by atoms with van der Waals surface area (Å²) in [5.74, 6) is 0.919. The molecular formula is C15H23O2Si2. The van der Waals surface area contributed by atoms with Crippen LogP contribution in [-0.2, 0) is 8.85 Å². The molecule has 0 atom stereocenters. The van der Waals surface area contributed by atoms with Crippen LogP contribution in [0.2, 0.25) is 39.3 Å². The maximum absolute atomic E-state index is 6.27. The molecule has 0 fully saturated rings. The minimum atomic E-state index is -1.65. The van der Waals surface area contributed by atoms with Gasteiger partial charge in [-0.15, -0.1) is 0 Å². The van der Waals surface area contributed by atoms with Crippen LogP contribution in [0.15, 0.2) is 30.0 Å². The van der Waals surface area contributed by atoms with Crippen LogP contribution in [0.3, 0.4) is 0 Å². The van der Waals surface area contributed by atoms with Crippen LogP contribution in [0, 0.1) is 6.10 Å². The molecule has 0 saturated heterocycles. The lowest BCUT2D eigenvalue weighted by atomic mass is 10.1. The third-order valence-electron chi connectivity index (χ3n) is 2.54. The number of rotatable bonds is 4. The van der Waals surface area contributed by atoms with Crippen LogP contribution >= 0.6 is 0 Å². The molecule has 1 aromatic rings. The van der Waals surface area contributed by atoms with Gasteiger partial charge in [-0.1, -0.05) is 24.3 Å². The summed E-state index contributed by atoms with van der Waals surface area (Å²) in [5, 5.41) is 0. The van der Waals surface area contributed by atoms with E-state index in [-0.39, 0.29) is 0 Å². The molecule has 103 valence electrons. The van der Waals surface area contributed by atoms with E-state index in [9.17, 15) is 0 Å². The highest BCUT2D eigenvalue weighted by Gasteiger charge is 2.35. The van der Waals surface area contributed by atoms with Gasteiger partial charge in [0.2, 0.25) is 8.32 Å². The first-order chi connectivity index (χ1) is 8.66. The molecule has 19 heavy (non-hydrogen) atoms. The van der Waals surface area contributed by atoms with Gasteiger partial charge in [-0.3, -0.25) is 0 Å². The SMILES string of the molecule is C[Si](C)(C)O[C]1C(O[Si](C)(C)C)=Cc2ccccc21. The highest BCUT2D eigenvalue weighted by Crippen LogP contribution is 2.39. The van der Waals surface area contributed by atoms with Crippen LogP contribution in [0.5, 0.6) is 0 Å². The van der Waals surface area contributed by atoms with E-state index in [1.807, 2.05) is 0 Å². The summed E-state index contributed by atoms with van der Waals surface area (Å²) < 4.78 is 12.5. The van der Waals surface area contributed by atoms with Gasteiger partial charge >= 0.3 is 0 Å². The highest BCUT2D eigenvalue weighted by molar-refractivity contribution is 6.70. The normalized spacial score (nSPS) is 16.2. The molecule has 2 nitrogen and oxygen atoms in total. The number of fused-ring (bicyclic) bond motifs is 1. The van der Waals surface area contributed by atoms with Gasteiger partial charge in [-0.25, -0.2) is 0 Å². The Kier molecular flexibility index (Phi) is 3.77. The Morgan fingerprint density at radius 2 is 1.37 bits per heavy atom. The topological polar surface area (TPSA) is 18.5 Å². The Hall–Kier alpha value is -0.846. The molecule has 1 aliphatic rings. The maximum Gasteiger partial charge on any atom is 0.241 e. The quantitative estimate of drug-likeness (QED) is 0.753. The fourth-order valence-corrected chi connectivity index (χ4v) is 3.62. The largest absolute Gasteiger partial charge is 0.545 e. The molecule has 0 unspecified atom stereocenters. The molecule has 0 saturated carbocycles. The second-order valence-electron chi connectivity index (χ2n) is 6.85. The third kappa shape index (κ3) is 3.81. The smallest absolute Gasteiger partial charge is 0.241 e. The molecule has 1 radical (unpaired) electrons. The standard InChI is InChI=1S/C15H23O2Si2/c1-18(2,3)16-14-11-12-9-7-8-10-13(12)15(14)17-19(4,5)6/h7-11H,1-6H3. The van der Waals surface area contributed by atoms with Crippen molar-refractivity contribution in [1.82, 2.24) is 0 Å². The van der Waals surface area contributed by atoms with E-state index in [0.29, 0.717) is 0 Å². The Morgan fingerprint density at radius 3 is 1.95 bits per heavy atom. The average molecular weight is 292 g/mol. The summed E-state index contributed by atoms with van der Waals surface area (Å²) in [7, 11) is -3.28. The molecule has 0 spiro atoms. The van der Waals surface area contributed by atoms with E-state index < -0.39 is 16.6 Å². The highest BCUT2D eigenvalue weighted by atomic mass is 28.4. The van der Waals surface area contributed by atoms with Crippen molar-refractivity contribution in [3.8, 4) is 0 Å². The first-order valence-electron chi connectivity index (χ1n) is 6.72. The van der Waals surface area contributed by atoms with Crippen molar-refractivity contribution < 1.29 is 8.85 Å². The summed E-state index contributed by atoms with van der Waals surface area (Å²) in [6.45, 7) is 13.2. The molecule has 4 heteroatoms. The number of benzene rings is 1. The molecule has 0 aliphatic heterocycles. The Labute approximate surface area is 118 Å². The average Bonchev–Trinajstić information content (AvgIpc) is 2.52. The lowest BCUT2D eigenvalue weighted by Gasteiger charge is -2.28. The summed E-state index contributed by atoms with van der Waals surface area (Å²) in [4.78, 5) is 0. The van der Waals surface area contributed by atoms with Crippen molar-refractivity contribution in [1.29, 1.82) is 0 Å². The fraction of sp³-hybridized carbons (Fsp3) is 0.400. The van der Waals surface area contributed by atoms with E-state index in [2.05, 4.69) is 69.6 Å². The van der Waals surface area contributed by atoms with Gasteiger partial charge in [0.1, 0.15) is 5.76 Å². The Balaban J connectivity index is 2.32. The molecule has 0 aromatic heterocycles. The maximum atomic E-state index is 6.27.